The maximum absolute atomic E-state index is 10.2. The lowest BCUT2D eigenvalue weighted by atomic mass is 10.1. The molecule has 1 atom stereocenters. The molecule has 1 amide bonds. The normalized spacial score (nSPS) is 24.7. The largest absolute Gasteiger partial charge is 0.479 e. The number of ketones is 1. The SMILES string of the molecule is O=C1N[C@@H](C(=O)O)C1=O. The van der Waals surface area contributed by atoms with E-state index in [2.05, 4.69) is 0 Å². The van der Waals surface area contributed by atoms with Crippen LogP contribution in [0.4, 0.5) is 0 Å². The first-order chi connectivity index (χ1) is 4.13. The van der Waals surface area contributed by atoms with Gasteiger partial charge < -0.3 is 10.4 Å². The summed E-state index contributed by atoms with van der Waals surface area (Å²) in [7, 11) is 0. The third kappa shape index (κ3) is 0.658. The highest BCUT2D eigenvalue weighted by molar-refractivity contribution is 6.48. The smallest absolute Gasteiger partial charge is 0.334 e. The molecule has 48 valence electrons. The van der Waals surface area contributed by atoms with Crippen LogP contribution in [0.3, 0.4) is 0 Å². The highest BCUT2D eigenvalue weighted by Crippen LogP contribution is 1.97. The molecule has 0 saturated carbocycles. The molecule has 0 aromatic heterocycles. The second-order valence-corrected chi connectivity index (χ2v) is 1.61. The summed E-state index contributed by atoms with van der Waals surface area (Å²) < 4.78 is 0. The van der Waals surface area contributed by atoms with Crippen molar-refractivity contribution in [3.8, 4) is 0 Å². The highest BCUT2D eigenvalue weighted by Gasteiger charge is 2.42. The molecule has 9 heavy (non-hydrogen) atoms. The zero-order chi connectivity index (χ0) is 7.02. The van der Waals surface area contributed by atoms with E-state index in [1.165, 1.54) is 0 Å². The molecule has 1 aliphatic rings. The molecule has 0 aromatic carbocycles. The first-order valence-corrected chi connectivity index (χ1v) is 2.20. The van der Waals surface area contributed by atoms with E-state index >= 15 is 0 Å². The summed E-state index contributed by atoms with van der Waals surface area (Å²) in [5.41, 5.74) is 0. The fourth-order valence-electron chi connectivity index (χ4n) is 0.495. The third-order valence-corrected chi connectivity index (χ3v) is 1.01. The van der Waals surface area contributed by atoms with Crippen LogP contribution in [0.15, 0.2) is 0 Å². The van der Waals surface area contributed by atoms with Gasteiger partial charge in [-0.05, 0) is 0 Å². The number of rotatable bonds is 1. The molecule has 1 aliphatic heterocycles. The average Bonchev–Trinajstić information content (AvgIpc) is 1.81. The standard InChI is InChI=1S/C4H3NO4/c6-2-1(4(8)9)5-3(2)7/h1H,(H,5,7)(H,8,9)/t1-/m1/s1. The fraction of sp³-hybridized carbons (Fsp3) is 0.250. The second-order valence-electron chi connectivity index (χ2n) is 1.61. The summed E-state index contributed by atoms with van der Waals surface area (Å²) in [6, 6.07) is -1.29. The van der Waals surface area contributed by atoms with Gasteiger partial charge in [-0.3, -0.25) is 9.59 Å². The van der Waals surface area contributed by atoms with Crippen molar-refractivity contribution in [2.75, 3.05) is 0 Å². The number of Topliss-reactive ketones (excluding diaryl/α,β-unsaturated/α-hetero) is 1. The molecule has 1 rings (SSSR count). The maximum Gasteiger partial charge on any atom is 0.334 e. The number of carbonyl (C=O) groups excluding carboxylic acids is 2. The molecule has 1 fully saturated rings. The molecule has 0 aromatic rings. The van der Waals surface area contributed by atoms with Gasteiger partial charge in [0.25, 0.3) is 11.7 Å². The summed E-state index contributed by atoms with van der Waals surface area (Å²) in [6.45, 7) is 0. The minimum absolute atomic E-state index is 0.817. The van der Waals surface area contributed by atoms with Gasteiger partial charge in [0.2, 0.25) is 0 Å². The topological polar surface area (TPSA) is 83.5 Å². The van der Waals surface area contributed by atoms with Crippen molar-refractivity contribution in [3.63, 3.8) is 0 Å². The highest BCUT2D eigenvalue weighted by atomic mass is 16.4. The molecule has 0 spiro atoms. The van der Waals surface area contributed by atoms with E-state index < -0.39 is 23.7 Å². The number of amides is 1. The quantitative estimate of drug-likeness (QED) is 0.247. The Morgan fingerprint density at radius 2 is 2.11 bits per heavy atom. The summed E-state index contributed by atoms with van der Waals surface area (Å²) in [6.07, 6.45) is 0. The minimum atomic E-state index is -1.31. The van der Waals surface area contributed by atoms with Crippen molar-refractivity contribution in [1.82, 2.24) is 5.32 Å². The number of hydrogen-bond acceptors (Lipinski definition) is 3. The van der Waals surface area contributed by atoms with Crippen LogP contribution >= 0.6 is 0 Å². The van der Waals surface area contributed by atoms with E-state index in [0.29, 0.717) is 0 Å². The fourth-order valence-corrected chi connectivity index (χ4v) is 0.495. The molecule has 0 unspecified atom stereocenters. The summed E-state index contributed by atoms with van der Waals surface area (Å²) >= 11 is 0. The summed E-state index contributed by atoms with van der Waals surface area (Å²) in [5, 5.41) is 9.99. The molecule has 1 saturated heterocycles. The first kappa shape index (κ1) is 5.74. The van der Waals surface area contributed by atoms with Gasteiger partial charge in [-0.25, -0.2) is 4.79 Å². The second kappa shape index (κ2) is 1.54. The van der Waals surface area contributed by atoms with Gasteiger partial charge >= 0.3 is 5.97 Å². The predicted molar refractivity (Wildman–Crippen MR) is 24.6 cm³/mol. The number of carbonyl (C=O) groups is 3. The van der Waals surface area contributed by atoms with Gasteiger partial charge in [-0.2, -0.15) is 0 Å². The maximum atomic E-state index is 10.2. The first-order valence-electron chi connectivity index (χ1n) is 2.20. The Morgan fingerprint density at radius 3 is 2.22 bits per heavy atom. The van der Waals surface area contributed by atoms with Crippen molar-refractivity contribution in [2.45, 2.75) is 6.04 Å². The molecular weight excluding hydrogens is 126 g/mol. The number of aliphatic carboxylic acids is 1. The minimum Gasteiger partial charge on any atom is -0.479 e. The molecule has 5 heteroatoms. The number of nitrogens with one attached hydrogen (secondary N) is 1. The van der Waals surface area contributed by atoms with Crippen LogP contribution < -0.4 is 5.32 Å². The van der Waals surface area contributed by atoms with Crippen molar-refractivity contribution >= 4 is 17.7 Å². The average molecular weight is 129 g/mol. The van der Waals surface area contributed by atoms with E-state index in [4.69, 9.17) is 5.11 Å². The number of hydrogen-bond donors (Lipinski definition) is 2. The predicted octanol–water partition coefficient (Wildman–Crippen LogP) is -1.86. The Labute approximate surface area is 49.7 Å². The molecule has 0 aliphatic carbocycles. The molecule has 2 N–H and O–H groups in total. The van der Waals surface area contributed by atoms with Gasteiger partial charge in [-0.15, -0.1) is 0 Å². The zero-order valence-corrected chi connectivity index (χ0v) is 4.25. The summed E-state index contributed by atoms with van der Waals surface area (Å²) in [5.74, 6) is -3.00. The van der Waals surface area contributed by atoms with Gasteiger partial charge in [0.1, 0.15) is 0 Å². The number of carboxylic acids is 1. The van der Waals surface area contributed by atoms with E-state index in [-0.39, 0.29) is 0 Å². The van der Waals surface area contributed by atoms with Crippen LogP contribution in [0.5, 0.6) is 0 Å². The van der Waals surface area contributed by atoms with Gasteiger partial charge in [0.15, 0.2) is 6.04 Å². The van der Waals surface area contributed by atoms with E-state index in [9.17, 15) is 14.4 Å². The number of carboxylic acid groups (broad SMARTS) is 1. The van der Waals surface area contributed by atoms with Gasteiger partial charge in [0.05, 0.1) is 0 Å². The van der Waals surface area contributed by atoms with E-state index in [1.807, 2.05) is 5.32 Å². The van der Waals surface area contributed by atoms with Crippen molar-refractivity contribution in [1.29, 1.82) is 0 Å². The Kier molecular flexibility index (Phi) is 0.985. The molecule has 5 nitrogen and oxygen atoms in total. The molecule has 0 radical (unpaired) electrons. The van der Waals surface area contributed by atoms with Crippen molar-refractivity contribution in [3.05, 3.63) is 0 Å². The van der Waals surface area contributed by atoms with Crippen LogP contribution in [0, 0.1) is 0 Å². The number of β-lactam (4-membered cyclic amide) rings is 1. The van der Waals surface area contributed by atoms with Gasteiger partial charge in [-0.1, -0.05) is 0 Å². The lowest BCUT2D eigenvalue weighted by molar-refractivity contribution is -0.156. The van der Waals surface area contributed by atoms with Gasteiger partial charge in [0, 0.05) is 0 Å². The Morgan fingerprint density at radius 1 is 1.56 bits per heavy atom. The Hall–Kier alpha value is -1.39. The lowest BCUT2D eigenvalue weighted by Gasteiger charge is -2.19. The van der Waals surface area contributed by atoms with Crippen LogP contribution in [0.2, 0.25) is 0 Å². The van der Waals surface area contributed by atoms with E-state index in [0.717, 1.165) is 0 Å². The van der Waals surface area contributed by atoms with Crippen LogP contribution in [-0.2, 0) is 14.4 Å². The molecule has 1 heterocycles. The summed E-state index contributed by atoms with van der Waals surface area (Å²) in [4.78, 5) is 30.1. The molecular formula is C4H3NO4. The van der Waals surface area contributed by atoms with E-state index in [1.54, 1.807) is 0 Å². The van der Waals surface area contributed by atoms with Crippen LogP contribution in [0.1, 0.15) is 0 Å². The third-order valence-electron chi connectivity index (χ3n) is 1.01. The Balaban J connectivity index is 2.62. The Bertz CT molecular complexity index is 197. The lowest BCUT2D eigenvalue weighted by Crippen LogP contribution is -2.62. The molecule has 0 bridgehead atoms. The zero-order valence-electron chi connectivity index (χ0n) is 4.25. The van der Waals surface area contributed by atoms with Crippen molar-refractivity contribution in [2.24, 2.45) is 0 Å². The monoisotopic (exact) mass is 129 g/mol. The van der Waals surface area contributed by atoms with Crippen LogP contribution in [-0.4, -0.2) is 28.8 Å². The van der Waals surface area contributed by atoms with Crippen molar-refractivity contribution < 1.29 is 19.5 Å². The van der Waals surface area contributed by atoms with Crippen LogP contribution in [0.25, 0.3) is 0 Å².